The van der Waals surface area contributed by atoms with E-state index in [2.05, 4.69) is 18.6 Å². The Labute approximate surface area is 133 Å². The van der Waals surface area contributed by atoms with Crippen molar-refractivity contribution in [3.05, 3.63) is 59.7 Å². The van der Waals surface area contributed by atoms with E-state index in [-0.39, 0.29) is 16.9 Å². The summed E-state index contributed by atoms with van der Waals surface area (Å²) in [6.07, 6.45) is -1.59. The standard InChI is InChI=1S/C15H16O2.C2H3FO3/c1-15(2,11-3-7-13(16)8-4-11)12-5-9-14(17)10-6-12;3-1-6-2(4)5/h3-10,16-17H,1-2H3;1H2,(H,4,5). The van der Waals surface area contributed by atoms with Crippen LogP contribution in [0.4, 0.5) is 9.18 Å². The lowest BCUT2D eigenvalue weighted by Crippen LogP contribution is -2.18. The van der Waals surface area contributed by atoms with Gasteiger partial charge >= 0.3 is 6.16 Å². The number of carbonyl (C=O) groups is 1. The van der Waals surface area contributed by atoms with Gasteiger partial charge < -0.3 is 20.1 Å². The van der Waals surface area contributed by atoms with E-state index in [1.807, 2.05) is 24.3 Å². The van der Waals surface area contributed by atoms with Crippen LogP contribution >= 0.6 is 0 Å². The molecule has 0 saturated carbocycles. The quantitative estimate of drug-likeness (QED) is 0.743. The second kappa shape index (κ2) is 8.03. The van der Waals surface area contributed by atoms with Gasteiger partial charge in [-0.3, -0.25) is 0 Å². The van der Waals surface area contributed by atoms with Crippen molar-refractivity contribution in [1.29, 1.82) is 0 Å². The molecule has 2 aromatic rings. The SMILES string of the molecule is CC(C)(c1ccc(O)cc1)c1ccc(O)cc1.O=C(O)OCF. The highest BCUT2D eigenvalue weighted by Gasteiger charge is 2.22. The van der Waals surface area contributed by atoms with Gasteiger partial charge in [0.2, 0.25) is 6.86 Å². The van der Waals surface area contributed by atoms with E-state index >= 15 is 0 Å². The molecular weight excluding hydrogens is 303 g/mol. The van der Waals surface area contributed by atoms with Crippen LogP contribution in [0.2, 0.25) is 0 Å². The van der Waals surface area contributed by atoms with Crippen LogP contribution in [0.5, 0.6) is 11.5 Å². The molecule has 0 aliphatic heterocycles. The zero-order valence-corrected chi connectivity index (χ0v) is 12.9. The van der Waals surface area contributed by atoms with Crippen molar-refractivity contribution in [2.75, 3.05) is 6.86 Å². The maximum Gasteiger partial charge on any atom is 0.508 e. The van der Waals surface area contributed by atoms with Gasteiger partial charge in [0.1, 0.15) is 11.5 Å². The highest BCUT2D eigenvalue weighted by Crippen LogP contribution is 2.32. The smallest absolute Gasteiger partial charge is 0.508 e. The van der Waals surface area contributed by atoms with Gasteiger partial charge in [0.15, 0.2) is 0 Å². The molecule has 6 heteroatoms. The lowest BCUT2D eigenvalue weighted by Gasteiger charge is -2.26. The summed E-state index contributed by atoms with van der Waals surface area (Å²) in [5.41, 5.74) is 2.10. The second-order valence-corrected chi connectivity index (χ2v) is 5.24. The highest BCUT2D eigenvalue weighted by molar-refractivity contribution is 5.56. The van der Waals surface area contributed by atoms with E-state index < -0.39 is 13.0 Å². The van der Waals surface area contributed by atoms with Gasteiger partial charge in [-0.05, 0) is 35.4 Å². The van der Waals surface area contributed by atoms with Gasteiger partial charge in [-0.1, -0.05) is 38.1 Å². The Kier molecular flexibility index (Phi) is 6.38. The Balaban J connectivity index is 0.000000379. The minimum atomic E-state index is -1.59. The van der Waals surface area contributed by atoms with Crippen molar-refractivity contribution >= 4 is 6.16 Å². The summed E-state index contributed by atoms with van der Waals surface area (Å²) in [7, 11) is 0. The predicted molar refractivity (Wildman–Crippen MR) is 83.4 cm³/mol. The van der Waals surface area contributed by atoms with Crippen molar-refractivity contribution in [3.63, 3.8) is 0 Å². The molecule has 23 heavy (non-hydrogen) atoms. The third-order valence-corrected chi connectivity index (χ3v) is 3.36. The Bertz CT molecular complexity index is 573. The Morgan fingerprint density at radius 1 is 0.957 bits per heavy atom. The Morgan fingerprint density at radius 3 is 1.52 bits per heavy atom. The van der Waals surface area contributed by atoms with Crippen LogP contribution < -0.4 is 0 Å². The number of phenols is 2. The van der Waals surface area contributed by atoms with Gasteiger partial charge in [-0.15, -0.1) is 0 Å². The Morgan fingerprint density at radius 2 is 1.30 bits per heavy atom. The first-order chi connectivity index (χ1) is 10.8. The zero-order valence-electron chi connectivity index (χ0n) is 12.9. The lowest BCUT2D eigenvalue weighted by atomic mass is 9.78. The minimum absolute atomic E-state index is 0.151. The summed E-state index contributed by atoms with van der Waals surface area (Å²) in [6, 6.07) is 14.4. The van der Waals surface area contributed by atoms with Gasteiger partial charge in [0, 0.05) is 5.41 Å². The molecule has 0 bridgehead atoms. The molecule has 5 nitrogen and oxygen atoms in total. The molecule has 3 N–H and O–H groups in total. The Hall–Kier alpha value is -2.76. The van der Waals surface area contributed by atoms with Crippen LogP contribution in [-0.4, -0.2) is 28.3 Å². The van der Waals surface area contributed by atoms with Gasteiger partial charge in [0.05, 0.1) is 0 Å². The summed E-state index contributed by atoms with van der Waals surface area (Å²) in [5.74, 6) is 0.547. The van der Waals surface area contributed by atoms with Crippen LogP contribution in [0.1, 0.15) is 25.0 Å². The van der Waals surface area contributed by atoms with Gasteiger partial charge in [-0.2, -0.15) is 0 Å². The fourth-order valence-electron chi connectivity index (χ4n) is 1.97. The van der Waals surface area contributed by atoms with Crippen LogP contribution in [0, 0.1) is 0 Å². The number of carboxylic acid groups (broad SMARTS) is 1. The predicted octanol–water partition coefficient (Wildman–Crippen LogP) is 4.03. The summed E-state index contributed by atoms with van der Waals surface area (Å²) >= 11 is 0. The second-order valence-electron chi connectivity index (χ2n) is 5.24. The average Bonchev–Trinajstić information content (AvgIpc) is 2.48. The van der Waals surface area contributed by atoms with E-state index in [1.165, 1.54) is 0 Å². The fourth-order valence-corrected chi connectivity index (χ4v) is 1.97. The largest absolute Gasteiger partial charge is 0.508 e. The van der Waals surface area contributed by atoms with Crippen molar-refractivity contribution in [1.82, 2.24) is 0 Å². The van der Waals surface area contributed by atoms with Crippen LogP contribution in [-0.2, 0) is 10.2 Å². The molecule has 0 aromatic heterocycles. The first kappa shape index (κ1) is 18.3. The maximum atomic E-state index is 10.6. The molecule has 0 aliphatic rings. The molecule has 0 aliphatic carbocycles. The van der Waals surface area contributed by atoms with Crippen molar-refractivity contribution in [3.8, 4) is 11.5 Å². The number of benzene rings is 2. The molecule has 0 unspecified atom stereocenters. The number of hydrogen-bond acceptors (Lipinski definition) is 4. The van der Waals surface area contributed by atoms with Gasteiger partial charge in [0.25, 0.3) is 0 Å². The molecular formula is C17H19FO5. The third-order valence-electron chi connectivity index (χ3n) is 3.36. The molecule has 0 heterocycles. The first-order valence-corrected chi connectivity index (χ1v) is 6.78. The molecule has 0 atom stereocenters. The normalized spacial score (nSPS) is 10.4. The zero-order chi connectivity index (χ0) is 17.5. The summed E-state index contributed by atoms with van der Waals surface area (Å²) < 4.78 is 13.9. The van der Waals surface area contributed by atoms with Crippen molar-refractivity contribution < 1.29 is 29.2 Å². The molecule has 0 amide bonds. The number of hydrogen-bond donors (Lipinski definition) is 3. The third kappa shape index (κ3) is 5.50. The van der Waals surface area contributed by atoms with Crippen LogP contribution in [0.3, 0.4) is 0 Å². The summed E-state index contributed by atoms with van der Waals surface area (Å²) in [6.45, 7) is 2.97. The summed E-state index contributed by atoms with van der Waals surface area (Å²) in [4.78, 5) is 9.14. The monoisotopic (exact) mass is 322 g/mol. The van der Waals surface area contributed by atoms with E-state index in [4.69, 9.17) is 9.90 Å². The number of phenolic OH excluding ortho intramolecular Hbond substituents is 2. The molecule has 2 aromatic carbocycles. The van der Waals surface area contributed by atoms with E-state index in [9.17, 15) is 14.6 Å². The number of halogens is 1. The topological polar surface area (TPSA) is 87.0 Å². The molecule has 0 saturated heterocycles. The fraction of sp³-hybridized carbons (Fsp3) is 0.235. The first-order valence-electron chi connectivity index (χ1n) is 6.78. The molecule has 124 valence electrons. The van der Waals surface area contributed by atoms with E-state index in [0.717, 1.165) is 11.1 Å². The molecule has 0 fully saturated rings. The van der Waals surface area contributed by atoms with Gasteiger partial charge in [-0.25, -0.2) is 9.18 Å². The van der Waals surface area contributed by atoms with E-state index in [1.54, 1.807) is 24.3 Å². The summed E-state index contributed by atoms with van der Waals surface area (Å²) in [5, 5.41) is 26.0. The molecule has 0 spiro atoms. The number of ether oxygens (including phenoxy) is 1. The average molecular weight is 322 g/mol. The van der Waals surface area contributed by atoms with Crippen LogP contribution in [0.25, 0.3) is 0 Å². The highest BCUT2D eigenvalue weighted by atomic mass is 19.1. The number of rotatable bonds is 3. The molecule has 0 radical (unpaired) electrons. The number of alkyl halides is 1. The van der Waals surface area contributed by atoms with Crippen molar-refractivity contribution in [2.45, 2.75) is 19.3 Å². The number of aromatic hydroxyl groups is 2. The lowest BCUT2D eigenvalue weighted by molar-refractivity contribution is 0.0547. The van der Waals surface area contributed by atoms with Crippen molar-refractivity contribution in [2.24, 2.45) is 0 Å². The van der Waals surface area contributed by atoms with Crippen LogP contribution in [0.15, 0.2) is 48.5 Å². The molecule has 2 rings (SSSR count). The van der Waals surface area contributed by atoms with E-state index in [0.29, 0.717) is 0 Å². The maximum absolute atomic E-state index is 10.6. The minimum Gasteiger partial charge on any atom is -0.508 e.